The topological polar surface area (TPSA) is 144 Å². The molecule has 8 nitrogen and oxygen atoms in total. The second kappa shape index (κ2) is 5.69. The molecule has 0 fully saturated rings. The molecule has 11 heteroatoms. The van der Waals surface area contributed by atoms with Crippen LogP contribution in [-0.2, 0) is 11.2 Å². The number of nitrogen functional groups attached to an aromatic ring is 2. The van der Waals surface area contributed by atoms with Crippen LogP contribution in [0.2, 0.25) is 0 Å². The molecule has 2 heterocycles. The number of alkyl halides is 3. The Bertz CT molecular complexity index is 983. The number of esters is 1. The zero-order valence-electron chi connectivity index (χ0n) is 12.7. The molecular formula is C15H9F3N4O4. The van der Waals surface area contributed by atoms with Crippen LogP contribution in [0, 0.1) is 11.3 Å². The molecular weight excluding hydrogens is 357 g/mol. The fourth-order valence-corrected chi connectivity index (χ4v) is 2.38. The zero-order chi connectivity index (χ0) is 19.2. The van der Waals surface area contributed by atoms with Crippen molar-refractivity contribution in [2.45, 2.75) is 12.6 Å². The first-order valence-electron chi connectivity index (χ1n) is 6.93. The Morgan fingerprint density at radius 1 is 1.38 bits per heavy atom. The minimum Gasteiger partial charge on any atom is -0.502 e. The molecule has 3 rings (SSSR count). The van der Waals surface area contributed by atoms with Gasteiger partial charge >= 0.3 is 12.1 Å². The van der Waals surface area contributed by atoms with Crippen molar-refractivity contribution < 1.29 is 32.5 Å². The van der Waals surface area contributed by atoms with Gasteiger partial charge in [-0.25, -0.2) is 4.79 Å². The van der Waals surface area contributed by atoms with Gasteiger partial charge < -0.3 is 26.0 Å². The maximum absolute atomic E-state index is 12.3. The van der Waals surface area contributed by atoms with E-state index < -0.39 is 23.6 Å². The van der Waals surface area contributed by atoms with E-state index in [2.05, 4.69) is 9.72 Å². The molecule has 0 spiro atoms. The number of carbonyl (C=O) groups excluding carboxylic acids is 1. The van der Waals surface area contributed by atoms with E-state index in [0.29, 0.717) is 11.1 Å². The Kier molecular flexibility index (Phi) is 3.76. The maximum atomic E-state index is 12.3. The number of benzene rings is 1. The second-order valence-electron chi connectivity index (χ2n) is 5.25. The van der Waals surface area contributed by atoms with E-state index in [9.17, 15) is 23.1 Å². The highest BCUT2D eigenvalue weighted by Crippen LogP contribution is 2.48. The number of nitrogens with zero attached hydrogens (tertiary/aromatic N) is 2. The summed E-state index contributed by atoms with van der Waals surface area (Å²) in [5, 5.41) is 19.2. The molecule has 1 aromatic carbocycles. The predicted octanol–water partition coefficient (Wildman–Crippen LogP) is 1.99. The van der Waals surface area contributed by atoms with Gasteiger partial charge in [-0.1, -0.05) is 6.07 Å². The molecule has 0 atom stereocenters. The number of anilines is 2. The molecule has 5 N–H and O–H groups in total. The fourth-order valence-electron chi connectivity index (χ4n) is 2.38. The number of hydrogen-bond donors (Lipinski definition) is 3. The Balaban J connectivity index is 2.02. The van der Waals surface area contributed by atoms with E-state index in [1.54, 1.807) is 0 Å². The van der Waals surface area contributed by atoms with Crippen LogP contribution < -0.4 is 20.9 Å². The second-order valence-corrected chi connectivity index (χ2v) is 5.25. The van der Waals surface area contributed by atoms with Crippen molar-refractivity contribution >= 4 is 17.5 Å². The molecule has 0 saturated heterocycles. The Labute approximate surface area is 143 Å². The summed E-state index contributed by atoms with van der Waals surface area (Å²) in [5.41, 5.74) is 12.2. The van der Waals surface area contributed by atoms with Crippen LogP contribution in [0.25, 0.3) is 0 Å². The lowest BCUT2D eigenvalue weighted by molar-refractivity contribution is -0.189. The number of aromatic hydroxyl groups is 1. The summed E-state index contributed by atoms with van der Waals surface area (Å²) >= 11 is 0. The van der Waals surface area contributed by atoms with Crippen molar-refractivity contribution in [1.82, 2.24) is 4.98 Å². The molecule has 0 radical (unpaired) electrons. The quantitative estimate of drug-likeness (QED) is 0.438. The number of nitriles is 1. The van der Waals surface area contributed by atoms with Crippen molar-refractivity contribution in [1.29, 1.82) is 5.26 Å². The largest absolute Gasteiger partial charge is 0.502 e. The Morgan fingerprint density at radius 2 is 2.08 bits per heavy atom. The summed E-state index contributed by atoms with van der Waals surface area (Å²) in [4.78, 5) is 14.8. The highest BCUT2D eigenvalue weighted by molar-refractivity contribution is 5.80. The molecule has 2 aromatic rings. The highest BCUT2D eigenvalue weighted by Gasteiger charge is 2.42. The average molecular weight is 366 g/mol. The number of aromatic nitrogens is 1. The van der Waals surface area contributed by atoms with Gasteiger partial charge in [0.05, 0.1) is 5.69 Å². The van der Waals surface area contributed by atoms with Crippen LogP contribution in [0.15, 0.2) is 12.1 Å². The molecule has 134 valence electrons. The van der Waals surface area contributed by atoms with Crippen molar-refractivity contribution in [2.75, 3.05) is 11.5 Å². The monoisotopic (exact) mass is 366 g/mol. The lowest BCUT2D eigenvalue weighted by Gasteiger charge is -2.23. The standard InChI is InChI=1S/C15H9F3N4O4/c16-15(17,18)14(24)25-8-2-1-5-3-6-9(20)7(4-19)12(21)22-13(6)26-11(5)10(8)23/h1-2,23H,3H2,(H4,20,21,22). The highest BCUT2D eigenvalue weighted by atomic mass is 19.4. The van der Waals surface area contributed by atoms with Crippen molar-refractivity contribution in [2.24, 2.45) is 0 Å². The van der Waals surface area contributed by atoms with Gasteiger partial charge in [0.2, 0.25) is 11.6 Å². The summed E-state index contributed by atoms with van der Waals surface area (Å²) in [7, 11) is 0. The van der Waals surface area contributed by atoms with Crippen molar-refractivity contribution in [3.8, 4) is 29.2 Å². The van der Waals surface area contributed by atoms with Gasteiger partial charge in [-0.3, -0.25) is 0 Å². The number of rotatable bonds is 1. The Hall–Kier alpha value is -3.68. The van der Waals surface area contributed by atoms with Crippen molar-refractivity contribution in [3.63, 3.8) is 0 Å². The number of halogens is 3. The molecule has 0 saturated carbocycles. The van der Waals surface area contributed by atoms with Crippen LogP contribution >= 0.6 is 0 Å². The van der Waals surface area contributed by atoms with Crippen molar-refractivity contribution in [3.05, 3.63) is 28.8 Å². The van der Waals surface area contributed by atoms with Gasteiger partial charge in [-0.05, 0) is 6.07 Å². The minimum atomic E-state index is -5.23. The molecule has 1 aromatic heterocycles. The van der Waals surface area contributed by atoms with E-state index in [-0.39, 0.29) is 35.1 Å². The van der Waals surface area contributed by atoms with Gasteiger partial charge in [0.25, 0.3) is 0 Å². The van der Waals surface area contributed by atoms with Gasteiger partial charge in [-0.15, -0.1) is 0 Å². The Morgan fingerprint density at radius 3 is 2.69 bits per heavy atom. The first-order chi connectivity index (χ1) is 12.1. The summed E-state index contributed by atoms with van der Waals surface area (Å²) in [6, 6.07) is 4.09. The lowest BCUT2D eigenvalue weighted by Crippen LogP contribution is -2.28. The first-order valence-corrected chi connectivity index (χ1v) is 6.93. The predicted molar refractivity (Wildman–Crippen MR) is 80.5 cm³/mol. The maximum Gasteiger partial charge on any atom is 0.491 e. The van der Waals surface area contributed by atoms with Gasteiger partial charge in [-0.2, -0.15) is 23.4 Å². The molecule has 1 aliphatic rings. The van der Waals surface area contributed by atoms with E-state index in [1.807, 2.05) is 6.07 Å². The number of carbonyl (C=O) groups is 1. The van der Waals surface area contributed by atoms with Crippen LogP contribution in [0.1, 0.15) is 16.7 Å². The zero-order valence-corrected chi connectivity index (χ0v) is 12.7. The molecule has 0 unspecified atom stereocenters. The van der Waals surface area contributed by atoms with Gasteiger partial charge in [0, 0.05) is 17.5 Å². The summed E-state index contributed by atoms with van der Waals surface area (Å²) < 4.78 is 46.4. The SMILES string of the molecule is N#Cc1c(N)nc2c(c1N)Cc1ccc(OC(=O)C(F)(F)F)c(O)c1O2. The third kappa shape index (κ3) is 2.67. The van der Waals surface area contributed by atoms with E-state index >= 15 is 0 Å². The molecule has 0 bridgehead atoms. The number of phenols is 1. The van der Waals surface area contributed by atoms with Gasteiger partial charge in [0.15, 0.2) is 11.5 Å². The third-order valence-electron chi connectivity index (χ3n) is 3.62. The van der Waals surface area contributed by atoms with E-state index in [4.69, 9.17) is 21.5 Å². The minimum absolute atomic E-state index is 0.0317. The average Bonchev–Trinajstić information content (AvgIpc) is 2.56. The summed E-state index contributed by atoms with van der Waals surface area (Å²) in [6.45, 7) is 0. The molecule has 0 amide bonds. The van der Waals surface area contributed by atoms with E-state index in [1.165, 1.54) is 6.07 Å². The fraction of sp³-hybridized carbons (Fsp3) is 0.133. The number of fused-ring (bicyclic) bond motifs is 2. The number of nitrogens with two attached hydrogens (primary N) is 2. The van der Waals surface area contributed by atoms with Gasteiger partial charge in [0.1, 0.15) is 17.5 Å². The molecule has 26 heavy (non-hydrogen) atoms. The molecule has 0 aliphatic carbocycles. The summed E-state index contributed by atoms with van der Waals surface area (Å²) in [5.74, 6) is -4.60. The van der Waals surface area contributed by atoms with Crippen LogP contribution in [-0.4, -0.2) is 22.2 Å². The van der Waals surface area contributed by atoms with E-state index in [0.717, 1.165) is 6.07 Å². The number of hydrogen-bond acceptors (Lipinski definition) is 8. The number of phenolic OH excluding ortho intramolecular Hbond substituents is 1. The first kappa shape index (κ1) is 17.2. The normalized spacial score (nSPS) is 12.4. The van der Waals surface area contributed by atoms with Crippen LogP contribution in [0.4, 0.5) is 24.7 Å². The molecule has 1 aliphatic heterocycles. The van der Waals surface area contributed by atoms with Crippen LogP contribution in [0.3, 0.4) is 0 Å². The smallest absolute Gasteiger partial charge is 0.491 e. The number of ether oxygens (including phenoxy) is 2. The van der Waals surface area contributed by atoms with Crippen LogP contribution in [0.5, 0.6) is 23.1 Å². The number of pyridine rings is 1. The summed E-state index contributed by atoms with van der Waals surface area (Å²) in [6.07, 6.45) is -5.16. The third-order valence-corrected chi connectivity index (χ3v) is 3.62. The lowest BCUT2D eigenvalue weighted by atomic mass is 9.98.